The fourth-order valence-electron chi connectivity index (χ4n) is 3.39. The normalized spacial score (nSPS) is 12.4. The van der Waals surface area contributed by atoms with Crippen LogP contribution in [0.5, 0.6) is 5.75 Å². The Balaban J connectivity index is 1.85. The van der Waals surface area contributed by atoms with E-state index in [1.165, 1.54) is 10.8 Å². The van der Waals surface area contributed by atoms with Crippen LogP contribution in [0.3, 0.4) is 0 Å². The quantitative estimate of drug-likeness (QED) is 0.170. The van der Waals surface area contributed by atoms with Crippen LogP contribution in [0.25, 0.3) is 21.7 Å². The van der Waals surface area contributed by atoms with E-state index in [4.69, 9.17) is 21.3 Å². The van der Waals surface area contributed by atoms with E-state index in [1.54, 1.807) is 11.8 Å². The minimum atomic E-state index is -0.151. The average Bonchev–Trinajstić information content (AvgIpc) is 2.72. The van der Waals surface area contributed by atoms with Gasteiger partial charge in [-0.1, -0.05) is 61.0 Å². The Morgan fingerprint density at radius 3 is 2.69 bits per heavy atom. The van der Waals surface area contributed by atoms with E-state index in [9.17, 15) is 0 Å². The van der Waals surface area contributed by atoms with Crippen molar-refractivity contribution in [1.29, 1.82) is 0 Å². The van der Waals surface area contributed by atoms with Crippen molar-refractivity contribution < 1.29 is 4.74 Å². The summed E-state index contributed by atoms with van der Waals surface area (Å²) < 4.78 is 8.48. The Hall–Kier alpha value is -1.02. The Kier molecular flexibility index (Phi) is 6.59. The molecule has 4 aromatic rings. The number of rotatable bonds is 5. The van der Waals surface area contributed by atoms with Gasteiger partial charge < -0.3 is 4.74 Å². The maximum atomic E-state index is 6.60. The number of halogens is 3. The lowest BCUT2D eigenvalue weighted by Crippen LogP contribution is -2.06. The summed E-state index contributed by atoms with van der Waals surface area (Å²) >= 11 is 14.3. The molecule has 0 bridgehead atoms. The van der Waals surface area contributed by atoms with E-state index in [-0.39, 0.29) is 6.10 Å². The third-order valence-electron chi connectivity index (χ3n) is 4.73. The first-order valence-electron chi connectivity index (χ1n) is 9.25. The summed E-state index contributed by atoms with van der Waals surface area (Å²) in [4.78, 5) is 4.86. The van der Waals surface area contributed by atoms with Gasteiger partial charge in [0.15, 0.2) is 5.75 Å². The van der Waals surface area contributed by atoms with Crippen LogP contribution in [0.2, 0.25) is 5.02 Å². The zero-order valence-electron chi connectivity index (χ0n) is 15.9. The summed E-state index contributed by atoms with van der Waals surface area (Å²) in [6.45, 7) is 4.18. The molecule has 1 aromatic heterocycles. The largest absolute Gasteiger partial charge is 0.482 e. The Morgan fingerprint density at radius 1 is 1.14 bits per heavy atom. The van der Waals surface area contributed by atoms with Crippen molar-refractivity contribution in [3.63, 3.8) is 0 Å². The number of fused-ring (bicyclic) bond motifs is 2. The van der Waals surface area contributed by atoms with Crippen molar-refractivity contribution in [2.75, 3.05) is 5.75 Å². The first-order valence-corrected chi connectivity index (χ1v) is 12.5. The molecule has 0 aliphatic carbocycles. The molecular weight excluding hydrogens is 581 g/mol. The number of thioether (sulfide) groups is 1. The maximum Gasteiger partial charge on any atom is 0.161 e. The molecule has 4 rings (SSSR count). The van der Waals surface area contributed by atoms with E-state index < -0.39 is 0 Å². The molecule has 148 valence electrons. The van der Waals surface area contributed by atoms with E-state index in [2.05, 4.69) is 94.8 Å². The molecule has 1 atom stereocenters. The molecule has 0 N–H and O–H groups in total. The monoisotopic (exact) mass is 597 g/mol. The van der Waals surface area contributed by atoms with Crippen molar-refractivity contribution in [3.05, 3.63) is 73.2 Å². The lowest BCUT2D eigenvalue weighted by atomic mass is 10.0. The second kappa shape index (κ2) is 9.00. The zero-order chi connectivity index (χ0) is 20.5. The van der Waals surface area contributed by atoms with Crippen LogP contribution in [0.4, 0.5) is 0 Å². The molecule has 6 heteroatoms. The molecule has 29 heavy (non-hydrogen) atoms. The molecule has 0 unspecified atom stereocenters. The van der Waals surface area contributed by atoms with Gasteiger partial charge in [0.1, 0.15) is 11.6 Å². The van der Waals surface area contributed by atoms with Gasteiger partial charge in [0.2, 0.25) is 0 Å². The van der Waals surface area contributed by atoms with Crippen molar-refractivity contribution >= 4 is 83.6 Å². The number of nitrogens with zero attached hydrogens (tertiary/aromatic N) is 1. The van der Waals surface area contributed by atoms with Crippen molar-refractivity contribution in [1.82, 2.24) is 4.98 Å². The second-order valence-electron chi connectivity index (χ2n) is 6.60. The number of ether oxygens (including phenoxy) is 1. The van der Waals surface area contributed by atoms with Crippen LogP contribution in [0.1, 0.15) is 25.5 Å². The molecule has 0 fully saturated rings. The number of hydrogen-bond donors (Lipinski definition) is 0. The topological polar surface area (TPSA) is 22.1 Å². The molecule has 1 heterocycles. The van der Waals surface area contributed by atoms with Gasteiger partial charge in [-0.05, 0) is 79.7 Å². The predicted molar refractivity (Wildman–Crippen MR) is 137 cm³/mol. The van der Waals surface area contributed by atoms with Crippen molar-refractivity contribution in [2.24, 2.45) is 0 Å². The van der Waals surface area contributed by atoms with E-state index in [1.807, 2.05) is 12.1 Å². The molecule has 0 aliphatic rings. The predicted octanol–water partition coefficient (Wildman–Crippen LogP) is 8.66. The molecule has 0 saturated heterocycles. The average molecular weight is 599 g/mol. The van der Waals surface area contributed by atoms with Crippen LogP contribution < -0.4 is 4.74 Å². The highest BCUT2D eigenvalue weighted by atomic mass is 127. The fraction of sp³-hybridized carbons (Fsp3) is 0.174. The maximum absolute atomic E-state index is 6.60. The first-order chi connectivity index (χ1) is 14.0. The van der Waals surface area contributed by atoms with Crippen molar-refractivity contribution in [2.45, 2.75) is 25.0 Å². The Labute approximate surface area is 201 Å². The van der Waals surface area contributed by atoms with Gasteiger partial charge in [0.05, 0.1) is 14.5 Å². The SMILES string of the molecule is CCSc1cc(Cl)c2cc(I)c(Br)c(O[C@@H](C)c3cccc4ccccc34)c2n1. The van der Waals surface area contributed by atoms with Crippen LogP contribution in [0, 0.1) is 3.57 Å². The lowest BCUT2D eigenvalue weighted by molar-refractivity contribution is 0.229. The van der Waals surface area contributed by atoms with E-state index in [0.717, 1.165) is 41.0 Å². The van der Waals surface area contributed by atoms with Crippen LogP contribution in [-0.4, -0.2) is 10.7 Å². The van der Waals surface area contributed by atoms with Crippen molar-refractivity contribution in [3.8, 4) is 5.75 Å². The summed E-state index contributed by atoms with van der Waals surface area (Å²) in [5.41, 5.74) is 1.93. The number of hydrogen-bond acceptors (Lipinski definition) is 3. The minimum Gasteiger partial charge on any atom is -0.482 e. The van der Waals surface area contributed by atoms with Crippen LogP contribution in [-0.2, 0) is 0 Å². The van der Waals surface area contributed by atoms with Gasteiger partial charge in [0, 0.05) is 8.96 Å². The zero-order valence-corrected chi connectivity index (χ0v) is 21.2. The molecule has 2 nitrogen and oxygen atoms in total. The summed E-state index contributed by atoms with van der Waals surface area (Å²) in [5.74, 6) is 1.66. The summed E-state index contributed by atoms with van der Waals surface area (Å²) in [7, 11) is 0. The molecule has 0 radical (unpaired) electrons. The van der Waals surface area contributed by atoms with Crippen LogP contribution >= 0.6 is 61.9 Å². The van der Waals surface area contributed by atoms with Gasteiger partial charge in [-0.25, -0.2) is 4.98 Å². The molecule has 0 aliphatic heterocycles. The second-order valence-corrected chi connectivity index (χ2v) is 10.2. The summed E-state index contributed by atoms with van der Waals surface area (Å²) in [5, 5.41) is 4.90. The smallest absolute Gasteiger partial charge is 0.161 e. The van der Waals surface area contributed by atoms with Gasteiger partial charge in [-0.3, -0.25) is 0 Å². The molecular formula is C23H18BrClINOS. The molecule has 3 aromatic carbocycles. The standard InChI is InChI=1S/C23H18BrClINOS/c1-3-29-20-12-18(25)17-11-19(26)21(24)23(22(17)27-20)28-13(2)15-10-6-8-14-7-4-5-9-16(14)15/h4-13H,3H2,1-2H3/t13-/m0/s1. The van der Waals surface area contributed by atoms with Gasteiger partial charge >= 0.3 is 0 Å². The minimum absolute atomic E-state index is 0.151. The van der Waals surface area contributed by atoms with E-state index >= 15 is 0 Å². The molecule has 0 spiro atoms. The molecule has 0 amide bonds. The highest BCUT2D eigenvalue weighted by molar-refractivity contribution is 14.1. The third-order valence-corrected chi connectivity index (χ3v) is 8.21. The first kappa shape index (κ1) is 21.2. The fourth-order valence-corrected chi connectivity index (χ4v) is 5.31. The van der Waals surface area contributed by atoms with Gasteiger partial charge in [-0.2, -0.15) is 0 Å². The number of pyridine rings is 1. The summed E-state index contributed by atoms with van der Waals surface area (Å²) in [6.07, 6.45) is -0.151. The highest BCUT2D eigenvalue weighted by Gasteiger charge is 2.20. The Bertz CT molecular complexity index is 1210. The summed E-state index contributed by atoms with van der Waals surface area (Å²) in [6, 6.07) is 18.7. The Morgan fingerprint density at radius 2 is 1.90 bits per heavy atom. The highest BCUT2D eigenvalue weighted by Crippen LogP contribution is 2.42. The number of benzene rings is 3. The van der Waals surface area contributed by atoms with Crippen LogP contribution in [0.15, 0.2) is 64.1 Å². The lowest BCUT2D eigenvalue weighted by Gasteiger charge is -2.20. The van der Waals surface area contributed by atoms with Gasteiger partial charge in [0.25, 0.3) is 0 Å². The molecule has 0 saturated carbocycles. The van der Waals surface area contributed by atoms with E-state index in [0.29, 0.717) is 5.02 Å². The third kappa shape index (κ3) is 4.24. The van der Waals surface area contributed by atoms with Gasteiger partial charge in [-0.15, -0.1) is 11.8 Å². The number of aromatic nitrogens is 1.